The van der Waals surface area contributed by atoms with Crippen molar-refractivity contribution < 1.29 is 28.1 Å². The Hall–Kier alpha value is -3.27. The number of benzene rings is 1. The Labute approximate surface area is 242 Å². The predicted molar refractivity (Wildman–Crippen MR) is 155 cm³/mol. The summed E-state index contributed by atoms with van der Waals surface area (Å²) in [5.41, 5.74) is 4.35. The molecule has 2 atom stereocenters. The molecule has 41 heavy (non-hydrogen) atoms. The molecule has 3 aromatic rings. The number of rotatable bonds is 11. The Morgan fingerprint density at radius 1 is 1.00 bits per heavy atom. The van der Waals surface area contributed by atoms with Crippen LogP contribution >= 0.6 is 0 Å². The van der Waals surface area contributed by atoms with Gasteiger partial charge in [-0.15, -0.1) is 0 Å². The van der Waals surface area contributed by atoms with E-state index in [-0.39, 0.29) is 24.1 Å². The summed E-state index contributed by atoms with van der Waals surface area (Å²) >= 11 is 0. The Morgan fingerprint density at radius 3 is 2.44 bits per heavy atom. The van der Waals surface area contributed by atoms with Crippen molar-refractivity contribution in [2.45, 2.75) is 78.9 Å². The van der Waals surface area contributed by atoms with E-state index >= 15 is 0 Å². The van der Waals surface area contributed by atoms with Gasteiger partial charge in [0.15, 0.2) is 0 Å². The summed E-state index contributed by atoms with van der Waals surface area (Å²) in [6.07, 6.45) is 0.0629. The molecule has 0 spiro atoms. The summed E-state index contributed by atoms with van der Waals surface area (Å²) in [4.78, 5) is 19.6. The summed E-state index contributed by atoms with van der Waals surface area (Å²) in [7, 11) is 0. The molecule has 0 N–H and O–H groups in total. The first-order valence-electron chi connectivity index (χ1n) is 14.1. The third-order valence-corrected chi connectivity index (χ3v) is 6.82. The highest BCUT2D eigenvalue weighted by atomic mass is 19.1. The maximum Gasteiger partial charge on any atom is 0.410 e. The Morgan fingerprint density at radius 2 is 1.73 bits per heavy atom. The highest BCUT2D eigenvalue weighted by Gasteiger charge is 2.38. The van der Waals surface area contributed by atoms with Crippen molar-refractivity contribution in [3.05, 3.63) is 82.6 Å². The largest absolute Gasteiger partial charge is 0.444 e. The quantitative estimate of drug-likeness (QED) is 0.262. The van der Waals surface area contributed by atoms with Crippen LogP contribution in [0.2, 0.25) is 0 Å². The van der Waals surface area contributed by atoms with Crippen LogP contribution in [0, 0.1) is 26.6 Å². The number of likely N-dealkylation sites (tertiary alicyclic amines) is 1. The lowest BCUT2D eigenvalue weighted by Gasteiger charge is -2.28. The molecule has 3 heterocycles. The first kappa shape index (κ1) is 30.7. The molecule has 1 aliphatic heterocycles. The van der Waals surface area contributed by atoms with E-state index in [1.165, 1.54) is 12.1 Å². The van der Waals surface area contributed by atoms with Gasteiger partial charge >= 0.3 is 6.09 Å². The molecule has 4 rings (SSSR count). The van der Waals surface area contributed by atoms with Gasteiger partial charge in [0.1, 0.15) is 17.2 Å². The highest BCUT2D eigenvalue weighted by Crippen LogP contribution is 2.25. The van der Waals surface area contributed by atoms with Crippen molar-refractivity contribution >= 4 is 6.09 Å². The zero-order valence-corrected chi connectivity index (χ0v) is 25.0. The maximum atomic E-state index is 13.3. The van der Waals surface area contributed by atoms with Crippen LogP contribution < -0.4 is 0 Å². The number of pyridine rings is 1. The SMILES string of the molecule is Cc1cc(CO[C@@H]2C[C@@H](COCCOCc3cccc(F)c3)N(C(=O)OC(C)(C)C)C2)nc(-n2c(C)ccc2C)c1. The molecule has 1 saturated heterocycles. The molecule has 0 saturated carbocycles. The lowest BCUT2D eigenvalue weighted by Crippen LogP contribution is -2.42. The second kappa shape index (κ2) is 13.6. The molecule has 0 bridgehead atoms. The fourth-order valence-electron chi connectivity index (χ4n) is 4.99. The molecule has 8 nitrogen and oxygen atoms in total. The third-order valence-electron chi connectivity index (χ3n) is 6.82. The monoisotopic (exact) mass is 567 g/mol. The van der Waals surface area contributed by atoms with Crippen molar-refractivity contribution in [2.75, 3.05) is 26.4 Å². The first-order chi connectivity index (χ1) is 19.5. The van der Waals surface area contributed by atoms with Crippen LogP contribution in [-0.4, -0.2) is 64.7 Å². The van der Waals surface area contributed by atoms with Crippen molar-refractivity contribution in [3.63, 3.8) is 0 Å². The number of hydrogen-bond donors (Lipinski definition) is 0. The standard InChI is InChI=1S/C32H42FN3O5/c1-22-14-27(34-30(15-22)36-23(2)10-11-24(36)3)20-40-29-17-28(35(18-29)31(37)41-32(4,5)6)21-39-13-12-38-19-25-8-7-9-26(33)16-25/h7-11,14-16,28-29H,12-13,17-21H2,1-6H3/t28-,29+/m0/s1. The minimum atomic E-state index is -0.608. The van der Waals surface area contributed by atoms with E-state index in [1.807, 2.05) is 32.9 Å². The summed E-state index contributed by atoms with van der Waals surface area (Å²) in [6.45, 7) is 13.8. The topological polar surface area (TPSA) is 75.1 Å². The van der Waals surface area contributed by atoms with Crippen molar-refractivity contribution in [2.24, 2.45) is 0 Å². The Kier molecular flexibility index (Phi) is 10.2. The van der Waals surface area contributed by atoms with E-state index in [1.54, 1.807) is 11.0 Å². The molecule has 1 fully saturated rings. The summed E-state index contributed by atoms with van der Waals surface area (Å²) in [6, 6.07) is 14.4. The van der Waals surface area contributed by atoms with Gasteiger partial charge in [0.05, 0.1) is 57.4 Å². The van der Waals surface area contributed by atoms with Crippen LogP contribution in [0.25, 0.3) is 5.82 Å². The van der Waals surface area contributed by atoms with E-state index in [2.05, 4.69) is 43.5 Å². The fraction of sp³-hybridized carbons (Fsp3) is 0.500. The van der Waals surface area contributed by atoms with E-state index in [9.17, 15) is 9.18 Å². The minimum absolute atomic E-state index is 0.179. The van der Waals surface area contributed by atoms with Gasteiger partial charge in [-0.05, 0) is 95.5 Å². The predicted octanol–water partition coefficient (Wildman–Crippen LogP) is 6.06. The molecular weight excluding hydrogens is 525 g/mol. The fourth-order valence-corrected chi connectivity index (χ4v) is 4.99. The van der Waals surface area contributed by atoms with Crippen molar-refractivity contribution in [1.82, 2.24) is 14.5 Å². The number of nitrogens with zero attached hydrogens (tertiary/aromatic N) is 3. The maximum absolute atomic E-state index is 13.3. The molecule has 1 aliphatic rings. The summed E-state index contributed by atoms with van der Waals surface area (Å²) < 4.78 is 38.9. The zero-order chi connectivity index (χ0) is 29.6. The summed E-state index contributed by atoms with van der Waals surface area (Å²) in [5, 5.41) is 0. The average Bonchev–Trinajstić information content (AvgIpc) is 3.46. The minimum Gasteiger partial charge on any atom is -0.444 e. The first-order valence-corrected chi connectivity index (χ1v) is 14.1. The number of carbonyl (C=O) groups is 1. The van der Waals surface area contributed by atoms with Gasteiger partial charge in [0.25, 0.3) is 0 Å². The highest BCUT2D eigenvalue weighted by molar-refractivity contribution is 5.69. The average molecular weight is 568 g/mol. The molecule has 0 aliphatic carbocycles. The molecule has 2 aromatic heterocycles. The van der Waals surface area contributed by atoms with Crippen LogP contribution in [0.5, 0.6) is 0 Å². The van der Waals surface area contributed by atoms with Gasteiger partial charge in [-0.1, -0.05) is 12.1 Å². The number of aryl methyl sites for hydroxylation is 3. The van der Waals surface area contributed by atoms with Gasteiger partial charge in [0, 0.05) is 11.4 Å². The number of amides is 1. The molecule has 9 heteroatoms. The van der Waals surface area contributed by atoms with Gasteiger partial charge in [-0.2, -0.15) is 0 Å². The number of carbonyl (C=O) groups excluding carboxylic acids is 1. The van der Waals surface area contributed by atoms with Gasteiger partial charge in [-0.25, -0.2) is 14.2 Å². The number of halogens is 1. The lowest BCUT2D eigenvalue weighted by atomic mass is 10.2. The Bertz CT molecular complexity index is 1300. The van der Waals surface area contributed by atoms with Crippen molar-refractivity contribution in [1.29, 1.82) is 0 Å². The van der Waals surface area contributed by atoms with Crippen LogP contribution in [0.1, 0.15) is 55.4 Å². The van der Waals surface area contributed by atoms with E-state index < -0.39 is 5.60 Å². The second-order valence-electron chi connectivity index (χ2n) is 11.7. The molecular formula is C32H42FN3O5. The van der Waals surface area contributed by atoms with Gasteiger partial charge < -0.3 is 28.4 Å². The van der Waals surface area contributed by atoms with E-state index in [0.717, 1.165) is 34.0 Å². The molecule has 0 radical (unpaired) electrons. The smallest absolute Gasteiger partial charge is 0.410 e. The molecule has 1 amide bonds. The molecule has 0 unspecified atom stereocenters. The Balaban J connectivity index is 1.32. The normalized spacial score (nSPS) is 17.3. The van der Waals surface area contributed by atoms with Crippen LogP contribution in [0.3, 0.4) is 0 Å². The molecule has 1 aromatic carbocycles. The van der Waals surface area contributed by atoms with Crippen LogP contribution in [0.15, 0.2) is 48.5 Å². The van der Waals surface area contributed by atoms with Gasteiger partial charge in [0.2, 0.25) is 0 Å². The van der Waals surface area contributed by atoms with Crippen molar-refractivity contribution in [3.8, 4) is 5.82 Å². The number of ether oxygens (including phenoxy) is 4. The summed E-state index contributed by atoms with van der Waals surface area (Å²) in [5.74, 6) is 0.587. The van der Waals surface area contributed by atoms with E-state index in [0.29, 0.717) is 46.0 Å². The number of hydrogen-bond acceptors (Lipinski definition) is 6. The van der Waals surface area contributed by atoms with Crippen LogP contribution in [-0.2, 0) is 32.2 Å². The molecule has 222 valence electrons. The van der Waals surface area contributed by atoms with Gasteiger partial charge in [-0.3, -0.25) is 0 Å². The lowest BCUT2D eigenvalue weighted by molar-refractivity contribution is -0.00102. The third kappa shape index (κ3) is 8.86. The van der Waals surface area contributed by atoms with Crippen LogP contribution in [0.4, 0.5) is 9.18 Å². The van der Waals surface area contributed by atoms with E-state index in [4.69, 9.17) is 23.9 Å². The zero-order valence-electron chi connectivity index (χ0n) is 25.0. The second-order valence-corrected chi connectivity index (χ2v) is 11.7. The number of aromatic nitrogens is 2.